The molecule has 42 heavy (non-hydrogen) atoms. The summed E-state index contributed by atoms with van der Waals surface area (Å²) in [6.45, 7) is 8.36. The van der Waals surface area contributed by atoms with Crippen LogP contribution in [0.2, 0.25) is 0 Å². The Morgan fingerprint density at radius 2 is 1.83 bits per heavy atom. The molecule has 1 aliphatic rings. The van der Waals surface area contributed by atoms with Crippen LogP contribution in [-0.4, -0.2) is 74.6 Å². The van der Waals surface area contributed by atoms with E-state index in [2.05, 4.69) is 44.1 Å². The molecular formula is C33H33N7O2. The Kier molecular flexibility index (Phi) is 7.57. The van der Waals surface area contributed by atoms with Crippen molar-refractivity contribution in [2.45, 2.75) is 19.9 Å². The highest BCUT2D eigenvalue weighted by molar-refractivity contribution is 6.01. The van der Waals surface area contributed by atoms with Gasteiger partial charge in [0.05, 0.1) is 23.7 Å². The average molecular weight is 560 g/mol. The van der Waals surface area contributed by atoms with Crippen LogP contribution in [0.25, 0.3) is 22.1 Å². The number of hydrogen-bond donors (Lipinski definition) is 1. The number of para-hydroxylation sites is 1. The third-order valence-electron chi connectivity index (χ3n) is 7.80. The molecule has 4 heterocycles. The number of rotatable bonds is 5. The maximum Gasteiger partial charge on any atom is 0.264 e. The molecule has 1 aliphatic heterocycles. The molecule has 0 unspecified atom stereocenters. The maximum atomic E-state index is 14.3. The van der Waals surface area contributed by atoms with Gasteiger partial charge in [-0.2, -0.15) is 5.10 Å². The molecule has 0 aliphatic carbocycles. The quantitative estimate of drug-likeness (QED) is 0.332. The summed E-state index contributed by atoms with van der Waals surface area (Å²) < 4.78 is 3.28. The molecule has 0 spiro atoms. The number of likely N-dealkylation sites (N-methyl/N-ethyl adjacent to an activating group) is 1. The Labute approximate surface area is 244 Å². The van der Waals surface area contributed by atoms with Crippen molar-refractivity contribution in [2.24, 2.45) is 0 Å². The summed E-state index contributed by atoms with van der Waals surface area (Å²) in [4.78, 5) is 36.8. The van der Waals surface area contributed by atoms with Crippen molar-refractivity contribution in [1.82, 2.24) is 34.3 Å². The molecule has 1 fully saturated rings. The van der Waals surface area contributed by atoms with Gasteiger partial charge in [-0.3, -0.25) is 19.1 Å². The SMILES string of the molecule is Cc1nn2cccnc2c1C(=O)N[C@@H](C)c1cc2cccc(C#CCN3CCN(C)CC3)c2c(=O)n1-c1ccccc1. The minimum atomic E-state index is -0.500. The molecule has 1 atom stereocenters. The predicted molar refractivity (Wildman–Crippen MR) is 164 cm³/mol. The smallest absolute Gasteiger partial charge is 0.264 e. The molecule has 1 saturated heterocycles. The second-order valence-corrected chi connectivity index (χ2v) is 10.7. The first kappa shape index (κ1) is 27.4. The number of nitrogens with one attached hydrogen (secondary N) is 1. The van der Waals surface area contributed by atoms with E-state index in [4.69, 9.17) is 0 Å². The zero-order valence-corrected chi connectivity index (χ0v) is 24.0. The maximum absolute atomic E-state index is 14.3. The van der Waals surface area contributed by atoms with E-state index in [1.807, 2.05) is 61.5 Å². The van der Waals surface area contributed by atoms with Gasteiger partial charge in [-0.15, -0.1) is 0 Å². The summed E-state index contributed by atoms with van der Waals surface area (Å²) in [7, 11) is 2.13. The summed E-state index contributed by atoms with van der Waals surface area (Å²) in [5.41, 5.74) is 3.39. The number of carbonyl (C=O) groups excluding carboxylic acids is 1. The number of piperazine rings is 1. The molecule has 6 rings (SSSR count). The molecule has 9 nitrogen and oxygen atoms in total. The lowest BCUT2D eigenvalue weighted by Gasteiger charge is -2.30. The van der Waals surface area contributed by atoms with Crippen LogP contribution in [0.3, 0.4) is 0 Å². The highest BCUT2D eigenvalue weighted by atomic mass is 16.2. The highest BCUT2D eigenvalue weighted by Gasteiger charge is 2.23. The van der Waals surface area contributed by atoms with Crippen molar-refractivity contribution in [1.29, 1.82) is 0 Å². The van der Waals surface area contributed by atoms with Crippen molar-refractivity contribution in [3.63, 3.8) is 0 Å². The number of amides is 1. The van der Waals surface area contributed by atoms with Crippen molar-refractivity contribution < 1.29 is 4.79 Å². The molecular weight excluding hydrogens is 526 g/mol. The van der Waals surface area contributed by atoms with Crippen LogP contribution in [0.5, 0.6) is 0 Å². The molecule has 0 saturated carbocycles. The fraction of sp³-hybridized carbons (Fsp3) is 0.273. The Hall–Kier alpha value is -4.78. The predicted octanol–water partition coefficient (Wildman–Crippen LogP) is 3.43. The minimum Gasteiger partial charge on any atom is -0.344 e. The van der Waals surface area contributed by atoms with Gasteiger partial charge in [-0.25, -0.2) is 9.50 Å². The average Bonchev–Trinajstić information content (AvgIpc) is 3.34. The molecule has 2 aromatic carbocycles. The lowest BCUT2D eigenvalue weighted by molar-refractivity contribution is 0.0939. The number of pyridine rings is 1. The number of carbonyl (C=O) groups is 1. The van der Waals surface area contributed by atoms with Crippen LogP contribution >= 0.6 is 0 Å². The minimum absolute atomic E-state index is 0.173. The number of aromatic nitrogens is 4. The van der Waals surface area contributed by atoms with E-state index in [9.17, 15) is 9.59 Å². The summed E-state index contributed by atoms with van der Waals surface area (Å²) in [5, 5.41) is 8.86. The lowest BCUT2D eigenvalue weighted by Crippen LogP contribution is -2.44. The summed E-state index contributed by atoms with van der Waals surface area (Å²) in [6.07, 6.45) is 3.40. The van der Waals surface area contributed by atoms with Crippen LogP contribution in [0.4, 0.5) is 0 Å². The monoisotopic (exact) mass is 559 g/mol. The normalized spacial score (nSPS) is 14.9. The number of aryl methyl sites for hydroxylation is 1. The summed E-state index contributed by atoms with van der Waals surface area (Å²) in [5.74, 6) is 6.28. The van der Waals surface area contributed by atoms with Gasteiger partial charge in [-0.1, -0.05) is 42.2 Å². The molecule has 5 aromatic rings. The van der Waals surface area contributed by atoms with Crippen molar-refractivity contribution >= 4 is 22.3 Å². The first-order valence-corrected chi connectivity index (χ1v) is 14.2. The molecule has 212 valence electrons. The number of nitrogens with zero attached hydrogens (tertiary/aromatic N) is 6. The second-order valence-electron chi connectivity index (χ2n) is 10.7. The van der Waals surface area contributed by atoms with E-state index < -0.39 is 6.04 Å². The van der Waals surface area contributed by atoms with E-state index in [1.165, 1.54) is 0 Å². The van der Waals surface area contributed by atoms with Gasteiger partial charge in [0.15, 0.2) is 5.65 Å². The van der Waals surface area contributed by atoms with Crippen molar-refractivity contribution in [3.05, 3.63) is 106 Å². The van der Waals surface area contributed by atoms with E-state index in [1.54, 1.807) is 34.5 Å². The zero-order chi connectivity index (χ0) is 29.2. The first-order chi connectivity index (χ1) is 20.4. The van der Waals surface area contributed by atoms with E-state index in [0.29, 0.717) is 40.1 Å². The van der Waals surface area contributed by atoms with E-state index in [-0.39, 0.29) is 11.5 Å². The number of benzene rings is 2. The highest BCUT2D eigenvalue weighted by Crippen LogP contribution is 2.24. The van der Waals surface area contributed by atoms with Crippen LogP contribution in [0, 0.1) is 18.8 Å². The largest absolute Gasteiger partial charge is 0.344 e. The third-order valence-corrected chi connectivity index (χ3v) is 7.80. The van der Waals surface area contributed by atoms with E-state index in [0.717, 1.165) is 37.3 Å². The van der Waals surface area contributed by atoms with E-state index >= 15 is 0 Å². The Bertz CT molecular complexity index is 1890. The fourth-order valence-corrected chi connectivity index (χ4v) is 5.51. The van der Waals surface area contributed by atoms with Gasteiger partial charge in [0.1, 0.15) is 5.56 Å². The van der Waals surface area contributed by atoms with Crippen LogP contribution in [0.1, 0.15) is 40.3 Å². The van der Waals surface area contributed by atoms with Gasteiger partial charge in [0.2, 0.25) is 0 Å². The molecule has 0 bridgehead atoms. The van der Waals surface area contributed by atoms with Gasteiger partial charge in [0.25, 0.3) is 11.5 Å². The van der Waals surface area contributed by atoms with Crippen LogP contribution < -0.4 is 10.9 Å². The molecule has 1 amide bonds. The van der Waals surface area contributed by atoms with Crippen LogP contribution in [-0.2, 0) is 0 Å². The molecule has 9 heteroatoms. The Balaban J connectivity index is 1.39. The van der Waals surface area contributed by atoms with Gasteiger partial charge in [0, 0.05) is 55.5 Å². The first-order valence-electron chi connectivity index (χ1n) is 14.2. The van der Waals surface area contributed by atoms with Crippen LogP contribution in [0.15, 0.2) is 77.9 Å². The second kappa shape index (κ2) is 11.6. The number of fused-ring (bicyclic) bond motifs is 2. The lowest BCUT2D eigenvalue weighted by atomic mass is 10.0. The van der Waals surface area contributed by atoms with Gasteiger partial charge < -0.3 is 10.2 Å². The molecule has 0 radical (unpaired) electrons. The Morgan fingerprint density at radius 3 is 2.62 bits per heavy atom. The zero-order valence-electron chi connectivity index (χ0n) is 24.0. The summed E-state index contributed by atoms with van der Waals surface area (Å²) in [6, 6.07) is 18.5. The van der Waals surface area contributed by atoms with Gasteiger partial charge in [-0.05, 0) is 56.6 Å². The molecule has 1 N–H and O–H groups in total. The summed E-state index contributed by atoms with van der Waals surface area (Å²) >= 11 is 0. The number of hydrogen-bond acceptors (Lipinski definition) is 6. The Morgan fingerprint density at radius 1 is 1.05 bits per heavy atom. The van der Waals surface area contributed by atoms with Gasteiger partial charge >= 0.3 is 0 Å². The van der Waals surface area contributed by atoms with Crippen molar-refractivity contribution in [3.8, 4) is 17.5 Å². The third kappa shape index (κ3) is 5.30. The topological polar surface area (TPSA) is 87.8 Å². The van der Waals surface area contributed by atoms with Crippen molar-refractivity contribution in [2.75, 3.05) is 39.8 Å². The fourth-order valence-electron chi connectivity index (χ4n) is 5.51. The molecule has 3 aromatic heterocycles. The standard InChI is InChI=1S/C33H33N7O2/c1-23(35-32(41)29-24(2)36-39-17-9-15-34-31(29)39)28-22-26-11-7-10-25(12-8-16-38-20-18-37(3)19-21-38)30(26)33(42)40(28)27-13-5-4-6-14-27/h4-7,9-11,13-15,17,22-23H,16,18-21H2,1-3H3,(H,35,41)/t23-/m0/s1.